The summed E-state index contributed by atoms with van der Waals surface area (Å²) >= 11 is 3.40. The normalized spacial score (nSPS) is 10.5. The minimum absolute atomic E-state index is 0.221. The highest BCUT2D eigenvalue weighted by Crippen LogP contribution is 2.28. The molecular formula is C17H17BrN2O4. The lowest BCUT2D eigenvalue weighted by atomic mass is 10.2. The van der Waals surface area contributed by atoms with Gasteiger partial charge in [-0.15, -0.1) is 0 Å². The minimum atomic E-state index is -0.356. The molecule has 1 amide bonds. The van der Waals surface area contributed by atoms with Gasteiger partial charge in [0.1, 0.15) is 11.5 Å². The molecule has 1 N–H and O–H groups in total. The van der Waals surface area contributed by atoms with Gasteiger partial charge in [0.2, 0.25) is 0 Å². The number of nitrogens with one attached hydrogen (secondary N) is 1. The molecule has 0 aliphatic heterocycles. The average Bonchev–Trinajstić information content (AvgIpc) is 2.60. The number of ether oxygens (including phenoxy) is 2. The van der Waals surface area contributed by atoms with E-state index in [0.29, 0.717) is 17.2 Å². The number of hydrogen-bond acceptors (Lipinski definition) is 5. The predicted octanol–water partition coefficient (Wildman–Crippen LogP) is 3.46. The third kappa shape index (κ3) is 4.99. The number of anilines is 1. The first-order valence-electron chi connectivity index (χ1n) is 7.05. The molecular weight excluding hydrogens is 376 g/mol. The summed E-state index contributed by atoms with van der Waals surface area (Å²) in [6.45, 7) is -0.221. The van der Waals surface area contributed by atoms with Crippen LogP contribution in [0.1, 0.15) is 5.56 Å². The number of rotatable bonds is 7. The van der Waals surface area contributed by atoms with Crippen molar-refractivity contribution in [3.05, 3.63) is 52.5 Å². The van der Waals surface area contributed by atoms with E-state index in [-0.39, 0.29) is 12.5 Å². The highest BCUT2D eigenvalue weighted by atomic mass is 79.9. The van der Waals surface area contributed by atoms with Crippen LogP contribution in [0, 0.1) is 0 Å². The second-order valence-electron chi connectivity index (χ2n) is 4.64. The summed E-state index contributed by atoms with van der Waals surface area (Å²) in [4.78, 5) is 17.0. The Bertz CT molecular complexity index is 734. The zero-order valence-corrected chi connectivity index (χ0v) is 14.9. The molecule has 0 aromatic heterocycles. The SMILES string of the molecule is COc1ccc(OC)c(NC(=O)CO/N=C\c2ccccc2Br)c1. The van der Waals surface area contributed by atoms with E-state index in [9.17, 15) is 4.79 Å². The Morgan fingerprint density at radius 3 is 2.71 bits per heavy atom. The topological polar surface area (TPSA) is 69.2 Å². The molecule has 7 heteroatoms. The molecule has 0 radical (unpaired) electrons. The lowest BCUT2D eigenvalue weighted by Gasteiger charge is -2.11. The largest absolute Gasteiger partial charge is 0.497 e. The number of benzene rings is 2. The highest BCUT2D eigenvalue weighted by molar-refractivity contribution is 9.10. The highest BCUT2D eigenvalue weighted by Gasteiger charge is 2.09. The summed E-state index contributed by atoms with van der Waals surface area (Å²) in [5, 5.41) is 6.48. The number of nitrogens with zero attached hydrogens (tertiary/aromatic N) is 1. The van der Waals surface area contributed by atoms with Gasteiger partial charge in [-0.3, -0.25) is 4.79 Å². The van der Waals surface area contributed by atoms with Gasteiger partial charge in [0.15, 0.2) is 6.61 Å². The Kier molecular flexibility index (Phi) is 6.62. The molecule has 0 unspecified atom stereocenters. The molecule has 6 nitrogen and oxygen atoms in total. The first-order valence-corrected chi connectivity index (χ1v) is 7.85. The fraction of sp³-hybridized carbons (Fsp3) is 0.176. The van der Waals surface area contributed by atoms with Crippen molar-refractivity contribution >= 4 is 33.7 Å². The molecule has 0 saturated carbocycles. The number of methoxy groups -OCH3 is 2. The molecule has 0 atom stereocenters. The summed E-state index contributed by atoms with van der Waals surface area (Å²) in [7, 11) is 3.07. The fourth-order valence-corrected chi connectivity index (χ4v) is 2.25. The van der Waals surface area contributed by atoms with Crippen LogP contribution in [0.3, 0.4) is 0 Å². The van der Waals surface area contributed by atoms with Crippen molar-refractivity contribution in [2.24, 2.45) is 5.16 Å². The van der Waals surface area contributed by atoms with Crippen molar-refractivity contribution in [1.29, 1.82) is 0 Å². The Balaban J connectivity index is 1.91. The number of hydrogen-bond donors (Lipinski definition) is 1. The summed E-state index contributed by atoms with van der Waals surface area (Å²) in [6, 6.07) is 12.7. The van der Waals surface area contributed by atoms with Crippen LogP contribution in [0.5, 0.6) is 11.5 Å². The summed E-state index contributed by atoms with van der Waals surface area (Å²) < 4.78 is 11.2. The maximum absolute atomic E-state index is 11.9. The van der Waals surface area contributed by atoms with Gasteiger partial charge >= 0.3 is 0 Å². The van der Waals surface area contributed by atoms with Crippen molar-refractivity contribution in [2.45, 2.75) is 0 Å². The molecule has 0 fully saturated rings. The molecule has 2 rings (SSSR count). The third-order valence-corrected chi connectivity index (χ3v) is 3.77. The maximum atomic E-state index is 11.9. The Labute approximate surface area is 148 Å². The molecule has 2 aromatic rings. The van der Waals surface area contributed by atoms with Crippen molar-refractivity contribution in [3.8, 4) is 11.5 Å². The Morgan fingerprint density at radius 2 is 2.00 bits per heavy atom. The zero-order valence-electron chi connectivity index (χ0n) is 13.3. The second kappa shape index (κ2) is 8.93. The number of carbonyl (C=O) groups is 1. The first kappa shape index (κ1) is 17.8. The van der Waals surface area contributed by atoms with Crippen molar-refractivity contribution in [2.75, 3.05) is 26.1 Å². The molecule has 0 heterocycles. The molecule has 0 spiro atoms. The Hall–Kier alpha value is -2.54. The van der Waals surface area contributed by atoms with Crippen LogP contribution in [0.4, 0.5) is 5.69 Å². The molecule has 0 aliphatic carbocycles. The van der Waals surface area contributed by atoms with Gasteiger partial charge in [-0.1, -0.05) is 39.3 Å². The van der Waals surface area contributed by atoms with E-state index < -0.39 is 0 Å². The van der Waals surface area contributed by atoms with Crippen molar-refractivity contribution < 1.29 is 19.1 Å². The molecule has 2 aromatic carbocycles. The van der Waals surface area contributed by atoms with Crippen LogP contribution in [0.25, 0.3) is 0 Å². The van der Waals surface area contributed by atoms with E-state index in [1.54, 1.807) is 25.3 Å². The summed E-state index contributed by atoms with van der Waals surface area (Å²) in [5.74, 6) is 0.783. The molecule has 24 heavy (non-hydrogen) atoms. The second-order valence-corrected chi connectivity index (χ2v) is 5.50. The van der Waals surface area contributed by atoms with Gasteiger partial charge in [0.05, 0.1) is 26.1 Å². The molecule has 0 bridgehead atoms. The van der Waals surface area contributed by atoms with Gasteiger partial charge in [-0.25, -0.2) is 0 Å². The number of halogens is 1. The summed E-state index contributed by atoms with van der Waals surface area (Å²) in [5.41, 5.74) is 1.35. The third-order valence-electron chi connectivity index (χ3n) is 3.05. The van der Waals surface area contributed by atoms with Crippen LogP contribution >= 0.6 is 15.9 Å². The van der Waals surface area contributed by atoms with Crippen LogP contribution in [0.15, 0.2) is 52.1 Å². The summed E-state index contributed by atoms with van der Waals surface area (Å²) in [6.07, 6.45) is 1.53. The van der Waals surface area contributed by atoms with E-state index in [0.717, 1.165) is 10.0 Å². The quantitative estimate of drug-likeness (QED) is 0.578. The average molecular weight is 393 g/mol. The van der Waals surface area contributed by atoms with E-state index >= 15 is 0 Å². The van der Waals surface area contributed by atoms with Crippen LogP contribution in [-0.4, -0.2) is 32.9 Å². The fourth-order valence-electron chi connectivity index (χ4n) is 1.87. The smallest absolute Gasteiger partial charge is 0.265 e. The Morgan fingerprint density at radius 1 is 1.21 bits per heavy atom. The van der Waals surface area contributed by atoms with Crippen LogP contribution in [-0.2, 0) is 9.63 Å². The molecule has 0 aliphatic rings. The van der Waals surface area contributed by atoms with E-state index in [1.165, 1.54) is 13.3 Å². The van der Waals surface area contributed by atoms with E-state index in [4.69, 9.17) is 14.3 Å². The van der Waals surface area contributed by atoms with Gasteiger partial charge in [0.25, 0.3) is 5.91 Å². The van der Waals surface area contributed by atoms with Crippen molar-refractivity contribution in [3.63, 3.8) is 0 Å². The minimum Gasteiger partial charge on any atom is -0.497 e. The number of carbonyl (C=O) groups excluding carboxylic acids is 1. The molecule has 0 saturated heterocycles. The van der Waals surface area contributed by atoms with Gasteiger partial charge in [-0.05, 0) is 18.2 Å². The lowest BCUT2D eigenvalue weighted by Crippen LogP contribution is -2.17. The van der Waals surface area contributed by atoms with Crippen LogP contribution < -0.4 is 14.8 Å². The van der Waals surface area contributed by atoms with Crippen molar-refractivity contribution in [1.82, 2.24) is 0 Å². The predicted molar refractivity (Wildman–Crippen MR) is 95.9 cm³/mol. The standard InChI is InChI=1S/C17H17BrN2O4/c1-22-13-7-8-16(23-2)15(9-13)20-17(21)11-24-19-10-12-5-3-4-6-14(12)18/h3-10H,11H2,1-2H3,(H,20,21)/b19-10-. The maximum Gasteiger partial charge on any atom is 0.265 e. The lowest BCUT2D eigenvalue weighted by molar-refractivity contribution is -0.120. The monoisotopic (exact) mass is 392 g/mol. The van der Waals surface area contributed by atoms with Gasteiger partial charge in [0, 0.05) is 16.1 Å². The van der Waals surface area contributed by atoms with E-state index in [2.05, 4.69) is 26.4 Å². The van der Waals surface area contributed by atoms with Gasteiger partial charge < -0.3 is 19.6 Å². The zero-order chi connectivity index (χ0) is 17.4. The number of amides is 1. The van der Waals surface area contributed by atoms with Crippen LogP contribution in [0.2, 0.25) is 0 Å². The molecule has 126 valence electrons. The number of oxime groups is 1. The van der Waals surface area contributed by atoms with E-state index in [1.807, 2.05) is 24.3 Å². The van der Waals surface area contributed by atoms with Gasteiger partial charge in [-0.2, -0.15) is 0 Å². The first-order chi connectivity index (χ1) is 11.6.